The first-order chi connectivity index (χ1) is 6.09. The summed E-state index contributed by atoms with van der Waals surface area (Å²) in [5.74, 6) is 1.56. The molecule has 13 heavy (non-hydrogen) atoms. The lowest BCUT2D eigenvalue weighted by Crippen LogP contribution is -2.07. The van der Waals surface area contributed by atoms with Crippen LogP contribution in [0.5, 0.6) is 0 Å². The van der Waals surface area contributed by atoms with Gasteiger partial charge in [0.05, 0.1) is 0 Å². The van der Waals surface area contributed by atoms with Gasteiger partial charge in [0, 0.05) is 0 Å². The summed E-state index contributed by atoms with van der Waals surface area (Å²) < 4.78 is 0. The van der Waals surface area contributed by atoms with Crippen LogP contribution in [0.25, 0.3) is 0 Å². The summed E-state index contributed by atoms with van der Waals surface area (Å²) in [6.45, 7) is 9.04. The van der Waals surface area contributed by atoms with Crippen LogP contribution in [0, 0.1) is 18.8 Å². The molecule has 0 radical (unpaired) electrons. The van der Waals surface area contributed by atoms with Crippen LogP contribution >= 0.6 is 0 Å². The molecule has 0 nitrogen and oxygen atoms in total. The van der Waals surface area contributed by atoms with Gasteiger partial charge < -0.3 is 0 Å². The van der Waals surface area contributed by atoms with Gasteiger partial charge >= 0.3 is 0 Å². The van der Waals surface area contributed by atoms with Crippen molar-refractivity contribution in [1.82, 2.24) is 0 Å². The first kappa shape index (κ1) is 10.3. The summed E-state index contributed by atoms with van der Waals surface area (Å²) in [6, 6.07) is 8.88. The maximum Gasteiger partial charge on any atom is -0.0251 e. The summed E-state index contributed by atoms with van der Waals surface area (Å²) in [5, 5.41) is 0. The standard InChI is InChI=1S/C13H20/c1-10(2)12(4)9-13-7-5-11(3)6-8-13/h5-8,10,12H,9H2,1-4H3. The second-order valence-corrected chi connectivity index (χ2v) is 4.41. The van der Waals surface area contributed by atoms with Crippen LogP contribution in [0.3, 0.4) is 0 Å². The average Bonchev–Trinajstić information content (AvgIpc) is 2.08. The van der Waals surface area contributed by atoms with Crippen molar-refractivity contribution < 1.29 is 0 Å². The summed E-state index contributed by atoms with van der Waals surface area (Å²) in [6.07, 6.45) is 1.21. The third-order valence-corrected chi connectivity index (χ3v) is 2.82. The molecule has 0 aliphatic heterocycles. The van der Waals surface area contributed by atoms with E-state index in [0.717, 1.165) is 11.8 Å². The zero-order chi connectivity index (χ0) is 9.84. The highest BCUT2D eigenvalue weighted by molar-refractivity contribution is 5.21. The lowest BCUT2D eigenvalue weighted by molar-refractivity contribution is 0.417. The smallest absolute Gasteiger partial charge is 0.0251 e. The van der Waals surface area contributed by atoms with Crippen LogP contribution in [0.1, 0.15) is 31.9 Å². The second kappa shape index (κ2) is 4.45. The molecule has 0 amide bonds. The molecule has 0 bridgehead atoms. The molecule has 0 aliphatic rings. The van der Waals surface area contributed by atoms with Gasteiger partial charge in [-0.15, -0.1) is 0 Å². The molecule has 0 N–H and O–H groups in total. The van der Waals surface area contributed by atoms with E-state index in [0.29, 0.717) is 0 Å². The Kier molecular flexibility index (Phi) is 3.53. The summed E-state index contributed by atoms with van der Waals surface area (Å²) in [4.78, 5) is 0. The second-order valence-electron chi connectivity index (χ2n) is 4.41. The van der Waals surface area contributed by atoms with Crippen molar-refractivity contribution in [1.29, 1.82) is 0 Å². The molecule has 0 aliphatic carbocycles. The van der Waals surface area contributed by atoms with Crippen LogP contribution in [0.15, 0.2) is 24.3 Å². The van der Waals surface area contributed by atoms with Gasteiger partial charge in [-0.25, -0.2) is 0 Å². The number of hydrogen-bond acceptors (Lipinski definition) is 0. The Labute approximate surface area is 82.0 Å². The van der Waals surface area contributed by atoms with E-state index in [1.54, 1.807) is 0 Å². The molecule has 1 unspecified atom stereocenters. The van der Waals surface area contributed by atoms with E-state index in [2.05, 4.69) is 52.0 Å². The summed E-state index contributed by atoms with van der Waals surface area (Å²) in [7, 11) is 0. The molecule has 1 rings (SSSR count). The van der Waals surface area contributed by atoms with E-state index in [-0.39, 0.29) is 0 Å². The fourth-order valence-electron chi connectivity index (χ4n) is 1.33. The maximum atomic E-state index is 2.32. The highest BCUT2D eigenvalue weighted by Crippen LogP contribution is 2.16. The van der Waals surface area contributed by atoms with Crippen molar-refractivity contribution in [3.05, 3.63) is 35.4 Å². The first-order valence-corrected chi connectivity index (χ1v) is 5.15. The third kappa shape index (κ3) is 3.22. The fourth-order valence-corrected chi connectivity index (χ4v) is 1.33. The van der Waals surface area contributed by atoms with Gasteiger partial charge in [-0.3, -0.25) is 0 Å². The molecule has 1 aromatic rings. The van der Waals surface area contributed by atoms with E-state index in [1.807, 2.05) is 0 Å². The predicted molar refractivity (Wildman–Crippen MR) is 58.9 cm³/mol. The van der Waals surface area contributed by atoms with Gasteiger partial charge in [-0.2, -0.15) is 0 Å². The van der Waals surface area contributed by atoms with Gasteiger partial charge in [-0.05, 0) is 30.7 Å². The van der Waals surface area contributed by atoms with Gasteiger partial charge in [0.2, 0.25) is 0 Å². The van der Waals surface area contributed by atoms with E-state index in [1.165, 1.54) is 17.5 Å². The molecular formula is C13H20. The Bertz CT molecular complexity index is 243. The maximum absolute atomic E-state index is 2.32. The monoisotopic (exact) mass is 176 g/mol. The minimum absolute atomic E-state index is 0.779. The lowest BCUT2D eigenvalue weighted by atomic mass is 9.91. The van der Waals surface area contributed by atoms with Crippen molar-refractivity contribution in [2.45, 2.75) is 34.1 Å². The van der Waals surface area contributed by atoms with Crippen molar-refractivity contribution >= 4 is 0 Å². The molecule has 0 saturated carbocycles. The molecule has 0 heteroatoms. The quantitative estimate of drug-likeness (QED) is 0.656. The molecule has 1 aromatic carbocycles. The molecule has 0 heterocycles. The van der Waals surface area contributed by atoms with E-state index in [9.17, 15) is 0 Å². The van der Waals surface area contributed by atoms with Crippen molar-refractivity contribution in [2.75, 3.05) is 0 Å². The number of rotatable bonds is 3. The van der Waals surface area contributed by atoms with Crippen molar-refractivity contribution in [2.24, 2.45) is 11.8 Å². The fraction of sp³-hybridized carbons (Fsp3) is 0.538. The molecule has 0 spiro atoms. The Morgan fingerprint density at radius 1 is 1.00 bits per heavy atom. The van der Waals surface area contributed by atoms with Gasteiger partial charge in [0.1, 0.15) is 0 Å². The van der Waals surface area contributed by atoms with E-state index in [4.69, 9.17) is 0 Å². The Balaban J connectivity index is 2.59. The van der Waals surface area contributed by atoms with Crippen LogP contribution in [0.2, 0.25) is 0 Å². The zero-order valence-corrected chi connectivity index (χ0v) is 9.17. The normalized spacial score (nSPS) is 13.3. The summed E-state index contributed by atoms with van der Waals surface area (Å²) >= 11 is 0. The van der Waals surface area contributed by atoms with Crippen LogP contribution < -0.4 is 0 Å². The molecule has 0 fully saturated rings. The average molecular weight is 176 g/mol. The van der Waals surface area contributed by atoms with Crippen molar-refractivity contribution in [3.63, 3.8) is 0 Å². The van der Waals surface area contributed by atoms with Crippen LogP contribution in [0.4, 0.5) is 0 Å². The molecular weight excluding hydrogens is 156 g/mol. The largest absolute Gasteiger partial charge is 0.0625 e. The molecule has 0 saturated heterocycles. The topological polar surface area (TPSA) is 0 Å². The highest BCUT2D eigenvalue weighted by Gasteiger charge is 2.07. The van der Waals surface area contributed by atoms with Crippen LogP contribution in [-0.4, -0.2) is 0 Å². The molecule has 72 valence electrons. The Hall–Kier alpha value is -0.780. The number of benzene rings is 1. The van der Waals surface area contributed by atoms with E-state index < -0.39 is 0 Å². The Morgan fingerprint density at radius 3 is 2.00 bits per heavy atom. The first-order valence-electron chi connectivity index (χ1n) is 5.15. The summed E-state index contributed by atoms with van der Waals surface area (Å²) in [5.41, 5.74) is 2.81. The minimum atomic E-state index is 0.779. The number of hydrogen-bond donors (Lipinski definition) is 0. The van der Waals surface area contributed by atoms with E-state index >= 15 is 0 Å². The molecule has 1 atom stereocenters. The minimum Gasteiger partial charge on any atom is -0.0625 e. The van der Waals surface area contributed by atoms with Gasteiger partial charge in [-0.1, -0.05) is 50.6 Å². The van der Waals surface area contributed by atoms with Gasteiger partial charge in [0.15, 0.2) is 0 Å². The van der Waals surface area contributed by atoms with Crippen molar-refractivity contribution in [3.8, 4) is 0 Å². The predicted octanol–water partition coefficient (Wildman–Crippen LogP) is 3.83. The zero-order valence-electron chi connectivity index (χ0n) is 9.17. The van der Waals surface area contributed by atoms with Crippen LogP contribution in [-0.2, 0) is 6.42 Å². The Morgan fingerprint density at radius 2 is 1.54 bits per heavy atom. The third-order valence-electron chi connectivity index (χ3n) is 2.82. The number of aryl methyl sites for hydroxylation is 1. The SMILES string of the molecule is Cc1ccc(CC(C)C(C)C)cc1. The highest BCUT2D eigenvalue weighted by atomic mass is 14.1. The van der Waals surface area contributed by atoms with Gasteiger partial charge in [0.25, 0.3) is 0 Å². The molecule has 0 aromatic heterocycles. The lowest BCUT2D eigenvalue weighted by Gasteiger charge is -2.15.